The zero-order chi connectivity index (χ0) is 19.3. The van der Waals surface area contributed by atoms with Crippen molar-refractivity contribution in [3.63, 3.8) is 0 Å². The largest absolute Gasteiger partial charge is 0.352 e. The van der Waals surface area contributed by atoms with Crippen LogP contribution in [0.1, 0.15) is 57.4 Å². The zero-order valence-electron chi connectivity index (χ0n) is 16.0. The van der Waals surface area contributed by atoms with Gasteiger partial charge in [-0.3, -0.25) is 14.5 Å². The van der Waals surface area contributed by atoms with Crippen LogP contribution in [0.25, 0.3) is 0 Å². The van der Waals surface area contributed by atoms with Crippen LogP contribution in [0.2, 0.25) is 0 Å². The van der Waals surface area contributed by atoms with Crippen LogP contribution in [0.5, 0.6) is 0 Å². The molecule has 0 bridgehead atoms. The van der Waals surface area contributed by atoms with Crippen LogP contribution in [-0.4, -0.2) is 40.9 Å². The van der Waals surface area contributed by atoms with Gasteiger partial charge < -0.3 is 10.6 Å². The molecular weight excluding hydrogens is 342 g/mol. The molecule has 6 nitrogen and oxygen atoms in total. The van der Waals surface area contributed by atoms with Gasteiger partial charge in [-0.2, -0.15) is 0 Å². The highest BCUT2D eigenvalue weighted by Gasteiger charge is 2.51. The Morgan fingerprint density at radius 1 is 1.15 bits per heavy atom. The second kappa shape index (κ2) is 8.55. The fourth-order valence-corrected chi connectivity index (χ4v) is 4.05. The second-order valence-corrected chi connectivity index (χ2v) is 7.81. The summed E-state index contributed by atoms with van der Waals surface area (Å²) in [7, 11) is 0. The average molecular weight is 371 g/mol. The molecule has 1 aliphatic heterocycles. The van der Waals surface area contributed by atoms with Crippen LogP contribution in [0.4, 0.5) is 4.79 Å². The summed E-state index contributed by atoms with van der Waals surface area (Å²) in [6.07, 6.45) is 7.06. The molecule has 1 atom stereocenters. The number of aryl methyl sites for hydroxylation is 1. The minimum Gasteiger partial charge on any atom is -0.352 e. The van der Waals surface area contributed by atoms with Crippen molar-refractivity contribution < 1.29 is 14.4 Å². The number of hydrogen-bond acceptors (Lipinski definition) is 3. The Balaban J connectivity index is 1.51. The van der Waals surface area contributed by atoms with E-state index in [4.69, 9.17) is 0 Å². The lowest BCUT2D eigenvalue weighted by atomic mass is 9.90. The van der Waals surface area contributed by atoms with E-state index in [9.17, 15) is 14.4 Å². The maximum absolute atomic E-state index is 12.8. The molecule has 2 fully saturated rings. The van der Waals surface area contributed by atoms with Gasteiger partial charge in [0.1, 0.15) is 12.1 Å². The minimum atomic E-state index is -0.785. The quantitative estimate of drug-likeness (QED) is 0.755. The molecule has 2 N–H and O–H groups in total. The molecule has 4 amide bonds. The number of urea groups is 1. The molecule has 1 aromatic carbocycles. The molecule has 1 saturated carbocycles. The Morgan fingerprint density at radius 2 is 1.81 bits per heavy atom. The molecule has 2 aliphatic rings. The van der Waals surface area contributed by atoms with Crippen molar-refractivity contribution in [2.24, 2.45) is 0 Å². The van der Waals surface area contributed by atoms with Crippen molar-refractivity contribution in [2.75, 3.05) is 6.54 Å². The molecule has 0 aromatic heterocycles. The third-order valence-corrected chi connectivity index (χ3v) is 5.62. The predicted molar refractivity (Wildman–Crippen MR) is 103 cm³/mol. The van der Waals surface area contributed by atoms with Gasteiger partial charge in [0.2, 0.25) is 5.91 Å². The molecule has 3 rings (SSSR count). The zero-order valence-corrected chi connectivity index (χ0v) is 16.0. The standard InChI is InChI=1S/C21H29N3O3/c1-16(11-12-17-9-5-4-6-10-17)22-18(25)15-24-19(26)21(23-20(24)27)13-7-2-3-8-14-21/h4-6,9-10,16H,2-3,7-8,11-15H2,1H3,(H,22,25)(H,23,27)/t16-/m1/s1. The number of carbonyl (C=O) groups excluding carboxylic acids is 3. The Kier molecular flexibility index (Phi) is 6.14. The lowest BCUT2D eigenvalue weighted by molar-refractivity contribution is -0.135. The number of nitrogens with one attached hydrogen (secondary N) is 2. The highest BCUT2D eigenvalue weighted by Crippen LogP contribution is 2.32. The van der Waals surface area contributed by atoms with Gasteiger partial charge in [-0.25, -0.2) is 4.79 Å². The summed E-state index contributed by atoms with van der Waals surface area (Å²) >= 11 is 0. The molecule has 6 heteroatoms. The van der Waals surface area contributed by atoms with Gasteiger partial charge in [-0.05, 0) is 38.2 Å². The van der Waals surface area contributed by atoms with E-state index in [1.54, 1.807) is 0 Å². The van der Waals surface area contributed by atoms with Gasteiger partial charge in [0.15, 0.2) is 0 Å². The first-order chi connectivity index (χ1) is 13.0. The summed E-state index contributed by atoms with van der Waals surface area (Å²) in [4.78, 5) is 38.6. The highest BCUT2D eigenvalue weighted by atomic mass is 16.2. The van der Waals surface area contributed by atoms with Gasteiger partial charge in [-0.15, -0.1) is 0 Å². The van der Waals surface area contributed by atoms with E-state index >= 15 is 0 Å². The summed E-state index contributed by atoms with van der Waals surface area (Å²) in [5.41, 5.74) is 0.440. The molecule has 146 valence electrons. The van der Waals surface area contributed by atoms with Gasteiger partial charge >= 0.3 is 6.03 Å². The van der Waals surface area contributed by atoms with Gasteiger partial charge in [0.05, 0.1) is 0 Å². The van der Waals surface area contributed by atoms with E-state index in [0.29, 0.717) is 12.8 Å². The molecule has 0 radical (unpaired) electrons. The summed E-state index contributed by atoms with van der Waals surface area (Å²) in [6.45, 7) is 1.74. The summed E-state index contributed by atoms with van der Waals surface area (Å²) in [5.74, 6) is -0.522. The summed E-state index contributed by atoms with van der Waals surface area (Å²) < 4.78 is 0. The molecule has 27 heavy (non-hydrogen) atoms. The van der Waals surface area contributed by atoms with Crippen molar-refractivity contribution in [3.8, 4) is 0 Å². The molecule has 1 aliphatic carbocycles. The SMILES string of the molecule is C[C@H](CCc1ccccc1)NC(=O)CN1C(=O)NC2(CCCCCC2)C1=O. The van der Waals surface area contributed by atoms with Gasteiger partial charge in [-0.1, -0.05) is 56.0 Å². The molecule has 1 aromatic rings. The topological polar surface area (TPSA) is 78.5 Å². The Morgan fingerprint density at radius 3 is 2.48 bits per heavy atom. The normalized spacial score (nSPS) is 20.3. The molecule has 0 unspecified atom stereocenters. The minimum absolute atomic E-state index is 0.0229. The van der Waals surface area contributed by atoms with E-state index in [-0.39, 0.29) is 24.4 Å². The molecular formula is C21H29N3O3. The molecule has 1 spiro atoms. The van der Waals surface area contributed by atoms with Crippen molar-refractivity contribution >= 4 is 17.8 Å². The van der Waals surface area contributed by atoms with E-state index in [2.05, 4.69) is 22.8 Å². The second-order valence-electron chi connectivity index (χ2n) is 7.81. The first-order valence-corrected chi connectivity index (χ1v) is 9.97. The number of benzene rings is 1. The number of rotatable bonds is 6. The maximum atomic E-state index is 12.8. The first kappa shape index (κ1) is 19.4. The van der Waals surface area contributed by atoms with E-state index in [1.165, 1.54) is 5.56 Å². The van der Waals surface area contributed by atoms with E-state index < -0.39 is 11.6 Å². The highest BCUT2D eigenvalue weighted by molar-refractivity contribution is 6.09. The first-order valence-electron chi connectivity index (χ1n) is 9.97. The molecule has 1 saturated heterocycles. The summed E-state index contributed by atoms with van der Waals surface area (Å²) in [5, 5.41) is 5.78. The van der Waals surface area contributed by atoms with Gasteiger partial charge in [0, 0.05) is 6.04 Å². The van der Waals surface area contributed by atoms with Crippen molar-refractivity contribution in [3.05, 3.63) is 35.9 Å². The van der Waals surface area contributed by atoms with Crippen LogP contribution in [-0.2, 0) is 16.0 Å². The predicted octanol–water partition coefficient (Wildman–Crippen LogP) is 2.77. The van der Waals surface area contributed by atoms with Crippen molar-refractivity contribution in [1.82, 2.24) is 15.5 Å². The monoisotopic (exact) mass is 371 g/mol. The van der Waals surface area contributed by atoms with Crippen LogP contribution >= 0.6 is 0 Å². The third-order valence-electron chi connectivity index (χ3n) is 5.62. The Hall–Kier alpha value is -2.37. The third kappa shape index (κ3) is 4.67. The fourth-order valence-electron chi connectivity index (χ4n) is 4.05. The lowest BCUT2D eigenvalue weighted by Gasteiger charge is -2.24. The van der Waals surface area contributed by atoms with E-state index in [0.717, 1.165) is 43.4 Å². The number of hydrogen-bond donors (Lipinski definition) is 2. The number of carbonyl (C=O) groups is 3. The number of amides is 4. The van der Waals surface area contributed by atoms with Crippen LogP contribution in [0, 0.1) is 0 Å². The summed E-state index contributed by atoms with van der Waals surface area (Å²) in [6, 6.07) is 9.65. The van der Waals surface area contributed by atoms with Crippen LogP contribution in [0.3, 0.4) is 0 Å². The molecule has 1 heterocycles. The van der Waals surface area contributed by atoms with E-state index in [1.807, 2.05) is 25.1 Å². The Labute approximate surface area is 160 Å². The average Bonchev–Trinajstić information content (AvgIpc) is 2.83. The maximum Gasteiger partial charge on any atom is 0.325 e. The smallest absolute Gasteiger partial charge is 0.325 e. The van der Waals surface area contributed by atoms with Crippen LogP contribution < -0.4 is 10.6 Å². The number of imide groups is 1. The fraction of sp³-hybridized carbons (Fsp3) is 0.571. The van der Waals surface area contributed by atoms with Crippen molar-refractivity contribution in [2.45, 2.75) is 69.9 Å². The lowest BCUT2D eigenvalue weighted by Crippen LogP contribution is -2.47. The Bertz CT molecular complexity index is 681. The van der Waals surface area contributed by atoms with Crippen molar-refractivity contribution in [1.29, 1.82) is 0 Å². The number of nitrogens with zero attached hydrogens (tertiary/aromatic N) is 1. The van der Waals surface area contributed by atoms with Gasteiger partial charge in [0.25, 0.3) is 5.91 Å². The van der Waals surface area contributed by atoms with Crippen LogP contribution in [0.15, 0.2) is 30.3 Å².